The van der Waals surface area contributed by atoms with Crippen LogP contribution in [0.15, 0.2) is 22.8 Å². The third kappa shape index (κ3) is 3.87. The summed E-state index contributed by atoms with van der Waals surface area (Å²) >= 11 is 0. The lowest BCUT2D eigenvalue weighted by molar-refractivity contribution is -0.122. The number of nitrogens with one attached hydrogen (secondary N) is 1. The van der Waals surface area contributed by atoms with Crippen molar-refractivity contribution in [1.29, 1.82) is 0 Å². The van der Waals surface area contributed by atoms with Crippen LogP contribution >= 0.6 is 0 Å². The van der Waals surface area contributed by atoms with Crippen LogP contribution in [0, 0.1) is 26.7 Å². The summed E-state index contributed by atoms with van der Waals surface area (Å²) in [5.41, 5.74) is 3.21. The van der Waals surface area contributed by atoms with E-state index in [-0.39, 0.29) is 5.91 Å². The van der Waals surface area contributed by atoms with Crippen LogP contribution in [0.5, 0.6) is 0 Å². The zero-order valence-corrected chi connectivity index (χ0v) is 14.7. The van der Waals surface area contributed by atoms with Gasteiger partial charge in [-0.05, 0) is 57.4 Å². The van der Waals surface area contributed by atoms with E-state index in [1.807, 2.05) is 32.9 Å². The average molecular weight is 330 g/mol. The molecule has 1 N–H and O–H groups in total. The van der Waals surface area contributed by atoms with E-state index in [9.17, 15) is 4.79 Å². The van der Waals surface area contributed by atoms with Crippen molar-refractivity contribution in [3.63, 3.8) is 0 Å². The van der Waals surface area contributed by atoms with Gasteiger partial charge in [-0.1, -0.05) is 0 Å². The lowest BCUT2D eigenvalue weighted by Crippen LogP contribution is -2.33. The number of aromatic nitrogens is 2. The van der Waals surface area contributed by atoms with Gasteiger partial charge in [-0.2, -0.15) is 5.10 Å². The lowest BCUT2D eigenvalue weighted by atomic mass is 10.1. The number of hydrogen-bond donors (Lipinski definition) is 1. The van der Waals surface area contributed by atoms with Gasteiger partial charge in [-0.25, -0.2) is 0 Å². The Morgan fingerprint density at radius 2 is 2.25 bits per heavy atom. The smallest absolute Gasteiger partial charge is 0.241 e. The minimum absolute atomic E-state index is 0.0325. The summed E-state index contributed by atoms with van der Waals surface area (Å²) < 4.78 is 7.19. The lowest BCUT2D eigenvalue weighted by Gasteiger charge is -2.15. The Morgan fingerprint density at radius 3 is 2.92 bits per heavy atom. The van der Waals surface area contributed by atoms with Crippen LogP contribution in [0.2, 0.25) is 0 Å². The van der Waals surface area contributed by atoms with Gasteiger partial charge in [0.15, 0.2) is 0 Å². The van der Waals surface area contributed by atoms with Crippen molar-refractivity contribution in [3.05, 3.63) is 41.1 Å². The normalized spacial score (nSPS) is 18.2. The fourth-order valence-electron chi connectivity index (χ4n) is 3.24. The van der Waals surface area contributed by atoms with Crippen LogP contribution in [0.4, 0.5) is 0 Å². The van der Waals surface area contributed by atoms with Gasteiger partial charge < -0.3 is 9.73 Å². The maximum absolute atomic E-state index is 12.2. The van der Waals surface area contributed by atoms with E-state index < -0.39 is 0 Å². The molecule has 1 fully saturated rings. The van der Waals surface area contributed by atoms with Crippen LogP contribution in [0.25, 0.3) is 0 Å². The van der Waals surface area contributed by atoms with Gasteiger partial charge in [-0.15, -0.1) is 0 Å². The molecule has 2 aromatic rings. The molecule has 6 heteroatoms. The molecule has 3 rings (SSSR count). The molecule has 0 bridgehead atoms. The Kier molecular flexibility index (Phi) is 5.04. The molecule has 1 aliphatic heterocycles. The molecule has 0 spiro atoms. The predicted octanol–water partition coefficient (Wildman–Crippen LogP) is 2.04. The fourth-order valence-corrected chi connectivity index (χ4v) is 3.24. The fraction of sp³-hybridized carbons (Fsp3) is 0.556. The van der Waals surface area contributed by atoms with E-state index in [4.69, 9.17) is 4.42 Å². The van der Waals surface area contributed by atoms with E-state index in [1.165, 1.54) is 0 Å². The molecule has 0 unspecified atom stereocenters. The number of furan rings is 1. The molecule has 130 valence electrons. The van der Waals surface area contributed by atoms with Gasteiger partial charge in [0.1, 0.15) is 12.3 Å². The Hall–Kier alpha value is -2.08. The van der Waals surface area contributed by atoms with Crippen LogP contribution in [0.3, 0.4) is 0 Å². The first kappa shape index (κ1) is 16.8. The van der Waals surface area contributed by atoms with Crippen LogP contribution < -0.4 is 5.32 Å². The molecule has 0 aliphatic carbocycles. The molecule has 0 saturated carbocycles. The molecule has 6 nitrogen and oxygen atoms in total. The Balaban J connectivity index is 1.42. The summed E-state index contributed by atoms with van der Waals surface area (Å²) in [5, 5.41) is 7.48. The third-order valence-electron chi connectivity index (χ3n) is 4.95. The molecule has 1 saturated heterocycles. The first-order chi connectivity index (χ1) is 11.5. The maximum atomic E-state index is 12.2. The van der Waals surface area contributed by atoms with Crippen molar-refractivity contribution >= 4 is 5.91 Å². The molecular weight excluding hydrogens is 304 g/mol. The second-order valence-corrected chi connectivity index (χ2v) is 6.73. The van der Waals surface area contributed by atoms with Crippen molar-refractivity contribution in [1.82, 2.24) is 20.0 Å². The van der Waals surface area contributed by atoms with Crippen molar-refractivity contribution < 1.29 is 9.21 Å². The zero-order chi connectivity index (χ0) is 17.1. The van der Waals surface area contributed by atoms with Gasteiger partial charge in [0.25, 0.3) is 0 Å². The first-order valence-corrected chi connectivity index (χ1v) is 8.55. The molecule has 0 aromatic carbocycles. The number of rotatable bonds is 6. The Bertz CT molecular complexity index is 690. The Morgan fingerprint density at radius 1 is 1.42 bits per heavy atom. The highest BCUT2D eigenvalue weighted by molar-refractivity contribution is 5.75. The molecule has 24 heavy (non-hydrogen) atoms. The zero-order valence-electron chi connectivity index (χ0n) is 14.7. The van der Waals surface area contributed by atoms with E-state index in [0.29, 0.717) is 12.5 Å². The highest BCUT2D eigenvalue weighted by atomic mass is 16.3. The van der Waals surface area contributed by atoms with Crippen LogP contribution in [-0.2, 0) is 17.9 Å². The highest BCUT2D eigenvalue weighted by Crippen LogP contribution is 2.18. The molecular formula is C18H26N4O2. The minimum atomic E-state index is 0.0325. The quantitative estimate of drug-likeness (QED) is 0.880. The molecule has 1 amide bonds. The van der Waals surface area contributed by atoms with Crippen molar-refractivity contribution in [2.45, 2.75) is 40.3 Å². The molecule has 1 atom stereocenters. The second kappa shape index (κ2) is 7.21. The van der Waals surface area contributed by atoms with Gasteiger partial charge >= 0.3 is 0 Å². The van der Waals surface area contributed by atoms with E-state index >= 15 is 0 Å². The maximum Gasteiger partial charge on any atom is 0.241 e. The van der Waals surface area contributed by atoms with Gasteiger partial charge in [0.2, 0.25) is 5.91 Å². The summed E-state index contributed by atoms with van der Waals surface area (Å²) in [6.07, 6.45) is 2.82. The molecule has 2 aromatic heterocycles. The molecule has 1 aliphatic rings. The average Bonchev–Trinajstić information content (AvgIpc) is 3.27. The van der Waals surface area contributed by atoms with Crippen molar-refractivity contribution in [2.75, 3.05) is 19.6 Å². The third-order valence-corrected chi connectivity index (χ3v) is 4.95. The SMILES string of the molecule is Cc1nn(CC(=O)NC[C@@H]2CCN(Cc3ccco3)C2)c(C)c1C. The van der Waals surface area contributed by atoms with E-state index in [2.05, 4.69) is 15.3 Å². The first-order valence-electron chi connectivity index (χ1n) is 8.55. The summed E-state index contributed by atoms with van der Waals surface area (Å²) in [6, 6.07) is 3.93. The van der Waals surface area contributed by atoms with Crippen molar-refractivity contribution in [3.8, 4) is 0 Å². The van der Waals surface area contributed by atoms with Crippen LogP contribution in [-0.4, -0.2) is 40.2 Å². The standard InChI is InChI=1S/C18H26N4O2/c1-13-14(2)20-22(15(13)3)12-18(23)19-9-16-6-7-21(10-16)11-17-5-4-8-24-17/h4-5,8,16H,6-7,9-12H2,1-3H3,(H,19,23)/t16-/m0/s1. The van der Waals surface area contributed by atoms with Gasteiger partial charge in [-0.3, -0.25) is 14.4 Å². The molecule has 3 heterocycles. The summed E-state index contributed by atoms with van der Waals surface area (Å²) in [4.78, 5) is 14.6. The summed E-state index contributed by atoms with van der Waals surface area (Å²) in [5.74, 6) is 1.54. The van der Waals surface area contributed by atoms with Crippen LogP contribution in [0.1, 0.15) is 29.1 Å². The largest absolute Gasteiger partial charge is 0.468 e. The topological polar surface area (TPSA) is 63.3 Å². The number of nitrogens with zero attached hydrogens (tertiary/aromatic N) is 3. The van der Waals surface area contributed by atoms with Gasteiger partial charge in [0, 0.05) is 18.8 Å². The van der Waals surface area contributed by atoms with Crippen molar-refractivity contribution in [2.24, 2.45) is 5.92 Å². The predicted molar refractivity (Wildman–Crippen MR) is 91.5 cm³/mol. The highest BCUT2D eigenvalue weighted by Gasteiger charge is 2.23. The van der Waals surface area contributed by atoms with Gasteiger partial charge in [0.05, 0.1) is 18.5 Å². The molecule has 0 radical (unpaired) electrons. The number of likely N-dealkylation sites (tertiary alicyclic amines) is 1. The number of amides is 1. The van der Waals surface area contributed by atoms with E-state index in [0.717, 1.165) is 55.3 Å². The van der Waals surface area contributed by atoms with E-state index in [1.54, 1.807) is 10.9 Å². The monoisotopic (exact) mass is 330 g/mol. The number of carbonyl (C=O) groups is 1. The Labute approximate surface area is 142 Å². The summed E-state index contributed by atoms with van der Waals surface area (Å²) in [7, 11) is 0. The minimum Gasteiger partial charge on any atom is -0.468 e. The number of hydrogen-bond acceptors (Lipinski definition) is 4. The number of carbonyl (C=O) groups excluding carboxylic acids is 1. The number of aryl methyl sites for hydroxylation is 1. The summed E-state index contributed by atoms with van der Waals surface area (Å²) in [6.45, 7) is 9.95. The second-order valence-electron chi connectivity index (χ2n) is 6.73.